The Hall–Kier alpha value is -2.88. The van der Waals surface area contributed by atoms with E-state index in [1.165, 1.54) is 21.8 Å². The molecule has 0 bridgehead atoms. The summed E-state index contributed by atoms with van der Waals surface area (Å²) in [6, 6.07) is 3.10. The summed E-state index contributed by atoms with van der Waals surface area (Å²) in [4.78, 5) is 19.9. The molecule has 0 unspecified atom stereocenters. The largest absolute Gasteiger partial charge is 0.392 e. The summed E-state index contributed by atoms with van der Waals surface area (Å²) in [7, 11) is 36.4. The zero-order valence-electron chi connectivity index (χ0n) is 19.6. The molecule has 2 aliphatic rings. The molecule has 5 rings (SSSR count). The molecule has 4 heterocycles. The Bertz CT molecular complexity index is 1390. The third-order valence-corrected chi connectivity index (χ3v) is 6.80. The van der Waals surface area contributed by atoms with E-state index in [-0.39, 0.29) is 35.6 Å². The van der Waals surface area contributed by atoms with E-state index in [1.54, 1.807) is 6.07 Å². The molecule has 2 fully saturated rings. The molecule has 2 atom stereocenters. The number of aliphatic hydroxyl groups is 1. The Morgan fingerprint density at radius 1 is 1.11 bits per heavy atom. The third-order valence-electron chi connectivity index (χ3n) is 6.80. The van der Waals surface area contributed by atoms with Crippen molar-refractivity contribution in [2.75, 3.05) is 10.2 Å². The number of benzene rings is 1. The second kappa shape index (κ2) is 8.58. The van der Waals surface area contributed by atoms with Gasteiger partial charge in [0.15, 0.2) is 5.65 Å². The van der Waals surface area contributed by atoms with Crippen LogP contribution >= 0.6 is 0 Å². The quantitative estimate of drug-likeness (QED) is 0.506. The summed E-state index contributed by atoms with van der Waals surface area (Å²) in [6.45, 7) is 0. The Balaban J connectivity index is 1.51. The number of fused-ring (bicyclic) bond motifs is 1. The highest BCUT2D eigenvalue weighted by Gasteiger charge is 2.51. The Morgan fingerprint density at radius 3 is 2.51 bits per heavy atom. The molecule has 0 saturated carbocycles. The summed E-state index contributed by atoms with van der Waals surface area (Å²) in [6.07, 6.45) is 1.82. The lowest BCUT2D eigenvalue weighted by molar-refractivity contribution is 0.141. The number of hydrogen-bond donors (Lipinski definition) is 2. The van der Waals surface area contributed by atoms with E-state index < -0.39 is 45.8 Å². The van der Waals surface area contributed by atoms with Crippen LogP contribution in [0.4, 0.5) is 25.1 Å². The van der Waals surface area contributed by atoms with E-state index in [0.717, 1.165) is 23.1 Å². The first-order chi connectivity index (χ1) is 17.2. The standard InChI is InChI=1S/C21H16B6F2N6O2/c22-19(23)5-3-14(11-7-10(28)1-2-12(11)29)34(19)16-4-6-33-17(32-16)13(9-30-33)31-18(37)35-20(24,25)8-15(36)21(35,26)27/h1-2,4,6-7,9,14-15,36H,3,5,8H2,(H,31,37)/t14-,15+/m1/s1. The van der Waals surface area contributed by atoms with Crippen molar-refractivity contribution in [3.8, 4) is 0 Å². The molecule has 0 aliphatic carbocycles. The molecule has 2 aliphatic heterocycles. The van der Waals surface area contributed by atoms with Gasteiger partial charge < -0.3 is 20.2 Å². The summed E-state index contributed by atoms with van der Waals surface area (Å²) in [5.74, 6) is -0.986. The van der Waals surface area contributed by atoms with E-state index in [0.29, 0.717) is 6.42 Å². The van der Waals surface area contributed by atoms with Gasteiger partial charge >= 0.3 is 6.03 Å². The molecule has 2 amide bonds. The number of hydrogen-bond acceptors (Lipinski definition) is 5. The van der Waals surface area contributed by atoms with Crippen molar-refractivity contribution < 1.29 is 18.7 Å². The minimum atomic E-state index is -2.04. The average molecular weight is 487 g/mol. The average Bonchev–Trinajstić information content (AvgIpc) is 3.38. The number of rotatable bonds is 3. The van der Waals surface area contributed by atoms with Gasteiger partial charge in [-0.1, -0.05) is 0 Å². The van der Waals surface area contributed by atoms with Gasteiger partial charge in [-0.2, -0.15) is 5.10 Å². The molecule has 12 radical (unpaired) electrons. The van der Waals surface area contributed by atoms with Crippen molar-refractivity contribution in [2.24, 2.45) is 0 Å². The Labute approximate surface area is 220 Å². The lowest BCUT2D eigenvalue weighted by Crippen LogP contribution is -2.61. The second-order valence-corrected chi connectivity index (χ2v) is 9.56. The highest BCUT2D eigenvalue weighted by Crippen LogP contribution is 2.43. The number of urea groups is 1. The van der Waals surface area contributed by atoms with Gasteiger partial charge in [0.1, 0.15) is 23.1 Å². The summed E-state index contributed by atoms with van der Waals surface area (Å²) in [5.41, 5.74) is 0.358. The zero-order chi connectivity index (χ0) is 26.9. The predicted molar refractivity (Wildman–Crippen MR) is 138 cm³/mol. The van der Waals surface area contributed by atoms with Crippen LogP contribution in [0.25, 0.3) is 5.65 Å². The van der Waals surface area contributed by atoms with Gasteiger partial charge in [0.25, 0.3) is 0 Å². The predicted octanol–water partition coefficient (Wildman–Crippen LogP) is -0.0801. The molecule has 1 aromatic carbocycles. The molecule has 2 N–H and O–H groups in total. The van der Waals surface area contributed by atoms with Crippen molar-refractivity contribution in [1.82, 2.24) is 19.5 Å². The Morgan fingerprint density at radius 2 is 1.84 bits per heavy atom. The number of amides is 2. The van der Waals surface area contributed by atoms with Crippen molar-refractivity contribution in [1.29, 1.82) is 0 Å². The first-order valence-electron chi connectivity index (χ1n) is 11.3. The number of nitrogens with one attached hydrogen (secondary N) is 1. The third kappa shape index (κ3) is 4.23. The summed E-state index contributed by atoms with van der Waals surface area (Å²) >= 11 is 0. The van der Waals surface area contributed by atoms with Crippen LogP contribution in [0.3, 0.4) is 0 Å². The van der Waals surface area contributed by atoms with E-state index in [9.17, 15) is 18.7 Å². The van der Waals surface area contributed by atoms with Crippen molar-refractivity contribution >= 4 is 70.3 Å². The summed E-state index contributed by atoms with van der Waals surface area (Å²) < 4.78 is 30.0. The SMILES string of the molecule is [B]C1([B])CC[C@H](c2cc(F)ccc2F)N1c1ccn2ncc(NC(=O)N3C([B])([B])C[C@H](O)C3([B])[B])c2n1. The maximum atomic E-state index is 14.7. The van der Waals surface area contributed by atoms with Crippen molar-refractivity contribution in [3.63, 3.8) is 0 Å². The maximum absolute atomic E-state index is 14.7. The monoisotopic (exact) mass is 488 g/mol. The van der Waals surface area contributed by atoms with Crippen LogP contribution in [0, 0.1) is 11.6 Å². The van der Waals surface area contributed by atoms with E-state index in [4.69, 9.17) is 47.1 Å². The number of likely N-dealkylation sites (tertiary alicyclic amines) is 1. The molecule has 2 saturated heterocycles. The fourth-order valence-electron chi connectivity index (χ4n) is 5.04. The number of carbonyl (C=O) groups excluding carboxylic acids is 1. The van der Waals surface area contributed by atoms with Gasteiger partial charge in [0, 0.05) is 11.8 Å². The van der Waals surface area contributed by atoms with E-state index >= 15 is 0 Å². The van der Waals surface area contributed by atoms with Crippen LogP contribution in [-0.2, 0) is 0 Å². The van der Waals surface area contributed by atoms with Crippen LogP contribution in [0.15, 0.2) is 36.7 Å². The topological polar surface area (TPSA) is 86.0 Å². The number of anilines is 2. The Kier molecular flexibility index (Phi) is 5.97. The van der Waals surface area contributed by atoms with Gasteiger partial charge in [-0.25, -0.2) is 23.1 Å². The van der Waals surface area contributed by atoms with Crippen molar-refractivity contribution in [2.45, 2.75) is 47.4 Å². The molecule has 0 spiro atoms. The normalized spacial score (nSPS) is 24.0. The van der Waals surface area contributed by atoms with Gasteiger partial charge in [-0.05, 0) is 59.5 Å². The van der Waals surface area contributed by atoms with Gasteiger partial charge in [-0.15, -0.1) is 0 Å². The molecule has 16 heteroatoms. The maximum Gasteiger partial charge on any atom is 0.320 e. The molecule has 8 nitrogen and oxygen atoms in total. The van der Waals surface area contributed by atoms with Gasteiger partial charge in [0.05, 0.1) is 65.4 Å². The fraction of sp³-hybridized carbons (Fsp3) is 0.381. The van der Waals surface area contributed by atoms with Gasteiger partial charge in [0.2, 0.25) is 0 Å². The molecular formula is C21H16B6F2N6O2. The number of carbonyl (C=O) groups is 1. The first-order valence-corrected chi connectivity index (χ1v) is 11.3. The van der Waals surface area contributed by atoms with E-state index in [2.05, 4.69) is 15.4 Å². The molecule has 37 heavy (non-hydrogen) atoms. The number of halogens is 2. The van der Waals surface area contributed by atoms with Crippen LogP contribution in [0.2, 0.25) is 0 Å². The minimum absolute atomic E-state index is 0.0820. The van der Waals surface area contributed by atoms with Gasteiger partial charge in [-0.3, -0.25) is 0 Å². The van der Waals surface area contributed by atoms with E-state index in [1.807, 2.05) is 0 Å². The second-order valence-electron chi connectivity index (χ2n) is 9.56. The number of aromatic nitrogens is 3. The molecule has 174 valence electrons. The smallest absolute Gasteiger partial charge is 0.320 e. The lowest BCUT2D eigenvalue weighted by atomic mass is 9.58. The van der Waals surface area contributed by atoms with Crippen molar-refractivity contribution in [3.05, 3.63) is 53.9 Å². The van der Waals surface area contributed by atoms with Crippen LogP contribution in [0.1, 0.15) is 30.9 Å². The lowest BCUT2D eigenvalue weighted by Gasteiger charge is -2.42. The first kappa shape index (κ1) is 25.8. The number of nitrogens with zero attached hydrogens (tertiary/aromatic N) is 5. The van der Waals surface area contributed by atoms with Crippen LogP contribution in [0.5, 0.6) is 0 Å². The zero-order valence-corrected chi connectivity index (χ0v) is 19.6. The fourth-order valence-corrected chi connectivity index (χ4v) is 5.04. The molecular weight excluding hydrogens is 471 g/mol. The minimum Gasteiger partial charge on any atom is -0.392 e. The van der Waals surface area contributed by atoms with Crippen LogP contribution in [-0.4, -0.2) is 99.8 Å². The molecule has 3 aromatic rings. The van der Waals surface area contributed by atoms with Crippen LogP contribution < -0.4 is 10.2 Å². The highest BCUT2D eigenvalue weighted by molar-refractivity contribution is 6.47. The highest BCUT2D eigenvalue weighted by atomic mass is 19.1. The summed E-state index contributed by atoms with van der Waals surface area (Å²) in [5, 5.41) is 11.5. The number of aliphatic hydroxyl groups excluding tert-OH is 1. The molecule has 2 aromatic heterocycles.